The lowest BCUT2D eigenvalue weighted by atomic mass is 10.2. The molecule has 106 valence electrons. The van der Waals surface area contributed by atoms with E-state index in [9.17, 15) is 9.00 Å². The first-order valence-corrected chi connectivity index (χ1v) is 8.14. The minimum absolute atomic E-state index is 0.0201. The van der Waals surface area contributed by atoms with E-state index in [0.717, 1.165) is 12.0 Å². The Morgan fingerprint density at radius 1 is 1.32 bits per heavy atom. The van der Waals surface area contributed by atoms with Gasteiger partial charge in [-0.2, -0.15) is 0 Å². The van der Waals surface area contributed by atoms with Crippen LogP contribution in [0.2, 0.25) is 0 Å². The van der Waals surface area contributed by atoms with Gasteiger partial charge >= 0.3 is 0 Å². The Balaban J connectivity index is 2.16. The Hall–Kier alpha value is -1.20. The maximum absolute atomic E-state index is 11.6. The number of rotatable bonds is 8. The van der Waals surface area contributed by atoms with E-state index in [-0.39, 0.29) is 11.9 Å². The molecule has 0 aliphatic carbocycles. The summed E-state index contributed by atoms with van der Waals surface area (Å²) in [6.07, 6.45) is 2.51. The molecule has 1 amide bonds. The smallest absolute Gasteiger partial charge is 0.234 e. The predicted octanol–water partition coefficient (Wildman–Crippen LogP) is 1.05. The SMILES string of the molecule is CC(CCS(C)=O)NCC(=O)NCc1ccccc1. The molecule has 2 atom stereocenters. The lowest BCUT2D eigenvalue weighted by Crippen LogP contribution is -2.38. The fourth-order valence-corrected chi connectivity index (χ4v) is 2.26. The average molecular weight is 282 g/mol. The summed E-state index contributed by atoms with van der Waals surface area (Å²) < 4.78 is 10.9. The van der Waals surface area contributed by atoms with Crippen molar-refractivity contribution in [3.8, 4) is 0 Å². The lowest BCUT2D eigenvalue weighted by molar-refractivity contribution is -0.120. The van der Waals surface area contributed by atoms with E-state index in [1.165, 1.54) is 0 Å². The summed E-state index contributed by atoms with van der Waals surface area (Å²) in [6, 6.07) is 10.0. The first kappa shape index (κ1) is 15.9. The number of hydrogen-bond donors (Lipinski definition) is 2. The van der Waals surface area contributed by atoms with E-state index in [1.807, 2.05) is 37.3 Å². The molecule has 5 heteroatoms. The van der Waals surface area contributed by atoms with Crippen molar-refractivity contribution in [2.24, 2.45) is 0 Å². The number of carbonyl (C=O) groups excluding carboxylic acids is 1. The lowest BCUT2D eigenvalue weighted by Gasteiger charge is -2.13. The highest BCUT2D eigenvalue weighted by molar-refractivity contribution is 7.84. The zero-order chi connectivity index (χ0) is 14.1. The van der Waals surface area contributed by atoms with Gasteiger partial charge in [0.15, 0.2) is 0 Å². The normalized spacial score (nSPS) is 13.8. The molecule has 0 aliphatic heterocycles. The molecule has 0 saturated heterocycles. The molecule has 0 spiro atoms. The van der Waals surface area contributed by atoms with Gasteiger partial charge in [0.1, 0.15) is 0 Å². The first-order chi connectivity index (χ1) is 9.08. The number of amides is 1. The minimum Gasteiger partial charge on any atom is -0.351 e. The quantitative estimate of drug-likeness (QED) is 0.749. The highest BCUT2D eigenvalue weighted by Gasteiger charge is 2.06. The summed E-state index contributed by atoms with van der Waals surface area (Å²) in [7, 11) is -0.769. The number of benzene rings is 1. The number of nitrogens with one attached hydrogen (secondary N) is 2. The van der Waals surface area contributed by atoms with Gasteiger partial charge < -0.3 is 10.6 Å². The van der Waals surface area contributed by atoms with Gasteiger partial charge in [-0.05, 0) is 18.9 Å². The molecule has 0 saturated carbocycles. The zero-order valence-electron chi connectivity index (χ0n) is 11.5. The fraction of sp³-hybridized carbons (Fsp3) is 0.500. The second kappa shape index (κ2) is 8.82. The minimum atomic E-state index is -0.769. The molecular formula is C14H22N2O2S. The molecule has 1 aromatic carbocycles. The van der Waals surface area contributed by atoms with Crippen molar-refractivity contribution in [1.82, 2.24) is 10.6 Å². The van der Waals surface area contributed by atoms with Gasteiger partial charge in [0.05, 0.1) is 6.54 Å². The second-order valence-electron chi connectivity index (χ2n) is 4.61. The van der Waals surface area contributed by atoms with Crippen LogP contribution in [-0.4, -0.2) is 34.7 Å². The van der Waals surface area contributed by atoms with Crippen LogP contribution < -0.4 is 10.6 Å². The van der Waals surface area contributed by atoms with Crippen LogP contribution in [0.25, 0.3) is 0 Å². The van der Waals surface area contributed by atoms with E-state index < -0.39 is 10.8 Å². The summed E-state index contributed by atoms with van der Waals surface area (Å²) in [4.78, 5) is 11.6. The van der Waals surface area contributed by atoms with Gasteiger partial charge in [-0.3, -0.25) is 9.00 Å². The summed E-state index contributed by atoms with van der Waals surface area (Å²) in [6.45, 7) is 2.84. The van der Waals surface area contributed by atoms with Crippen molar-refractivity contribution in [2.75, 3.05) is 18.6 Å². The molecule has 1 aromatic rings. The summed E-state index contributed by atoms with van der Waals surface area (Å²) in [5, 5.41) is 5.99. The van der Waals surface area contributed by atoms with Crippen LogP contribution in [0.3, 0.4) is 0 Å². The maximum atomic E-state index is 11.6. The van der Waals surface area contributed by atoms with Crippen LogP contribution in [0.5, 0.6) is 0 Å². The monoisotopic (exact) mass is 282 g/mol. The summed E-state index contributed by atoms with van der Waals surface area (Å²) in [5.74, 6) is 0.646. The van der Waals surface area contributed by atoms with Crippen LogP contribution >= 0.6 is 0 Å². The fourth-order valence-electron chi connectivity index (χ4n) is 1.57. The molecule has 0 aromatic heterocycles. The Labute approximate surface area is 117 Å². The molecule has 0 fully saturated rings. The number of hydrogen-bond acceptors (Lipinski definition) is 3. The van der Waals surface area contributed by atoms with Gasteiger partial charge in [0.2, 0.25) is 5.91 Å². The largest absolute Gasteiger partial charge is 0.351 e. The molecule has 4 nitrogen and oxygen atoms in total. The van der Waals surface area contributed by atoms with Crippen molar-refractivity contribution in [2.45, 2.75) is 25.9 Å². The Morgan fingerprint density at radius 2 is 2.00 bits per heavy atom. The van der Waals surface area contributed by atoms with Crippen molar-refractivity contribution < 1.29 is 9.00 Å². The molecular weight excluding hydrogens is 260 g/mol. The Bertz CT molecular complexity index is 409. The Kier molecular flexibility index (Phi) is 7.36. The first-order valence-electron chi connectivity index (χ1n) is 6.42. The van der Waals surface area contributed by atoms with Gasteiger partial charge in [0, 0.05) is 35.4 Å². The van der Waals surface area contributed by atoms with Crippen LogP contribution in [0.4, 0.5) is 0 Å². The predicted molar refractivity (Wildman–Crippen MR) is 79.3 cm³/mol. The highest BCUT2D eigenvalue weighted by atomic mass is 32.2. The third-order valence-corrected chi connectivity index (χ3v) is 3.59. The third kappa shape index (κ3) is 7.74. The van der Waals surface area contributed by atoms with Crippen molar-refractivity contribution in [1.29, 1.82) is 0 Å². The van der Waals surface area contributed by atoms with Crippen molar-refractivity contribution in [3.63, 3.8) is 0 Å². The van der Waals surface area contributed by atoms with Crippen molar-refractivity contribution in [3.05, 3.63) is 35.9 Å². The molecule has 2 N–H and O–H groups in total. The van der Waals surface area contributed by atoms with E-state index in [2.05, 4.69) is 10.6 Å². The summed E-state index contributed by atoms with van der Waals surface area (Å²) >= 11 is 0. The van der Waals surface area contributed by atoms with Crippen LogP contribution in [0, 0.1) is 0 Å². The van der Waals surface area contributed by atoms with Crippen LogP contribution in [0.1, 0.15) is 18.9 Å². The number of carbonyl (C=O) groups is 1. The average Bonchev–Trinajstić information content (AvgIpc) is 2.41. The van der Waals surface area contributed by atoms with Gasteiger partial charge in [0.25, 0.3) is 0 Å². The molecule has 2 unspecified atom stereocenters. The van der Waals surface area contributed by atoms with Gasteiger partial charge in [-0.25, -0.2) is 0 Å². The molecule has 19 heavy (non-hydrogen) atoms. The van der Waals surface area contributed by atoms with E-state index >= 15 is 0 Å². The topological polar surface area (TPSA) is 58.2 Å². The molecule has 0 bridgehead atoms. The van der Waals surface area contributed by atoms with E-state index in [0.29, 0.717) is 18.8 Å². The van der Waals surface area contributed by atoms with Gasteiger partial charge in [-0.15, -0.1) is 0 Å². The van der Waals surface area contributed by atoms with Crippen LogP contribution in [-0.2, 0) is 22.1 Å². The van der Waals surface area contributed by atoms with E-state index in [1.54, 1.807) is 6.26 Å². The molecule has 1 rings (SSSR count). The van der Waals surface area contributed by atoms with E-state index in [4.69, 9.17) is 0 Å². The molecule has 0 radical (unpaired) electrons. The van der Waals surface area contributed by atoms with Crippen molar-refractivity contribution >= 4 is 16.7 Å². The molecule has 0 heterocycles. The maximum Gasteiger partial charge on any atom is 0.234 e. The van der Waals surface area contributed by atoms with Gasteiger partial charge in [-0.1, -0.05) is 30.3 Å². The Morgan fingerprint density at radius 3 is 2.63 bits per heavy atom. The molecule has 0 aliphatic rings. The van der Waals surface area contributed by atoms with Crippen LogP contribution in [0.15, 0.2) is 30.3 Å². The third-order valence-electron chi connectivity index (χ3n) is 2.78. The summed E-state index contributed by atoms with van der Waals surface area (Å²) in [5.41, 5.74) is 1.09. The standard InChI is InChI=1S/C14H22N2O2S/c1-12(8-9-19(2)18)15-11-14(17)16-10-13-6-4-3-5-7-13/h3-7,12,15H,8-11H2,1-2H3,(H,16,17). The highest BCUT2D eigenvalue weighted by Crippen LogP contribution is 1.97. The zero-order valence-corrected chi connectivity index (χ0v) is 12.3. The second-order valence-corrected chi connectivity index (χ2v) is 6.16.